The Bertz CT molecular complexity index is 354. The molecule has 1 atom stereocenters. The Balaban J connectivity index is 2.14. The second-order valence-corrected chi connectivity index (χ2v) is 5.06. The molecule has 0 bridgehead atoms. The molecule has 0 aromatic carbocycles. The average Bonchev–Trinajstić information content (AvgIpc) is 2.72. The van der Waals surface area contributed by atoms with Crippen LogP contribution in [0.15, 0.2) is 0 Å². The number of nitrogens with zero attached hydrogens (tertiary/aromatic N) is 1. The van der Waals surface area contributed by atoms with E-state index in [4.69, 9.17) is 4.74 Å². The third-order valence-corrected chi connectivity index (χ3v) is 3.06. The van der Waals surface area contributed by atoms with Gasteiger partial charge >= 0.3 is 0 Å². The standard InChI is InChI=1S/C13H23N3O/c1-4-10-11(7-9(2)3)16-13(15-10)12-8-14-5-6-17-12/h9,12,14H,4-8H2,1-3H3,(H,15,16). The molecular weight excluding hydrogens is 214 g/mol. The molecule has 1 aliphatic heterocycles. The van der Waals surface area contributed by atoms with Gasteiger partial charge in [0.2, 0.25) is 0 Å². The highest BCUT2D eigenvalue weighted by Gasteiger charge is 2.20. The number of imidazole rings is 1. The van der Waals surface area contributed by atoms with Gasteiger partial charge in [-0.15, -0.1) is 0 Å². The van der Waals surface area contributed by atoms with Crippen LogP contribution in [0.25, 0.3) is 0 Å². The lowest BCUT2D eigenvalue weighted by atomic mass is 10.1. The Morgan fingerprint density at radius 2 is 2.29 bits per heavy atom. The second-order valence-electron chi connectivity index (χ2n) is 5.06. The van der Waals surface area contributed by atoms with Crippen molar-refractivity contribution in [3.63, 3.8) is 0 Å². The Morgan fingerprint density at radius 3 is 2.88 bits per heavy atom. The van der Waals surface area contributed by atoms with Crippen LogP contribution in [0.3, 0.4) is 0 Å². The van der Waals surface area contributed by atoms with Gasteiger partial charge in [-0.3, -0.25) is 0 Å². The monoisotopic (exact) mass is 237 g/mol. The highest BCUT2D eigenvalue weighted by Crippen LogP contribution is 2.20. The Hall–Kier alpha value is -0.870. The summed E-state index contributed by atoms with van der Waals surface area (Å²) in [5.41, 5.74) is 2.48. The summed E-state index contributed by atoms with van der Waals surface area (Å²) in [4.78, 5) is 8.14. The second kappa shape index (κ2) is 5.65. The fourth-order valence-corrected chi connectivity index (χ4v) is 2.23. The molecule has 2 heterocycles. The van der Waals surface area contributed by atoms with Crippen LogP contribution >= 0.6 is 0 Å². The number of aromatic nitrogens is 2. The van der Waals surface area contributed by atoms with Crippen molar-refractivity contribution in [3.05, 3.63) is 17.2 Å². The van der Waals surface area contributed by atoms with Gasteiger partial charge in [-0.1, -0.05) is 20.8 Å². The van der Waals surface area contributed by atoms with Gasteiger partial charge in [-0.05, 0) is 18.8 Å². The van der Waals surface area contributed by atoms with Crippen molar-refractivity contribution in [2.24, 2.45) is 5.92 Å². The first-order valence-corrected chi connectivity index (χ1v) is 6.60. The number of aromatic amines is 1. The van der Waals surface area contributed by atoms with E-state index < -0.39 is 0 Å². The number of rotatable bonds is 4. The zero-order valence-electron chi connectivity index (χ0n) is 11.0. The number of hydrogen-bond donors (Lipinski definition) is 2. The highest BCUT2D eigenvalue weighted by atomic mass is 16.5. The van der Waals surface area contributed by atoms with Crippen molar-refractivity contribution in [3.8, 4) is 0 Å². The largest absolute Gasteiger partial charge is 0.368 e. The first kappa shape index (κ1) is 12.6. The van der Waals surface area contributed by atoms with Crippen LogP contribution in [0.5, 0.6) is 0 Å². The summed E-state index contributed by atoms with van der Waals surface area (Å²) in [6, 6.07) is 0. The lowest BCUT2D eigenvalue weighted by Gasteiger charge is -2.21. The van der Waals surface area contributed by atoms with Crippen molar-refractivity contribution in [2.75, 3.05) is 19.7 Å². The normalized spacial score (nSPS) is 21.1. The van der Waals surface area contributed by atoms with E-state index in [1.807, 2.05) is 0 Å². The quantitative estimate of drug-likeness (QED) is 0.840. The first-order valence-electron chi connectivity index (χ1n) is 6.60. The van der Waals surface area contributed by atoms with Gasteiger partial charge in [0.25, 0.3) is 0 Å². The van der Waals surface area contributed by atoms with E-state index in [-0.39, 0.29) is 6.10 Å². The topological polar surface area (TPSA) is 49.9 Å². The van der Waals surface area contributed by atoms with Gasteiger partial charge in [-0.2, -0.15) is 0 Å². The molecular formula is C13H23N3O. The van der Waals surface area contributed by atoms with Gasteiger partial charge in [0, 0.05) is 18.8 Å². The number of nitrogens with one attached hydrogen (secondary N) is 2. The third-order valence-electron chi connectivity index (χ3n) is 3.06. The number of hydrogen-bond acceptors (Lipinski definition) is 3. The van der Waals surface area contributed by atoms with Crippen molar-refractivity contribution < 1.29 is 4.74 Å². The Labute approximate surface area is 103 Å². The molecule has 0 spiro atoms. The van der Waals surface area contributed by atoms with Crippen LogP contribution in [0.2, 0.25) is 0 Å². The summed E-state index contributed by atoms with van der Waals surface area (Å²) in [5.74, 6) is 1.64. The summed E-state index contributed by atoms with van der Waals surface area (Å²) < 4.78 is 5.73. The molecule has 2 rings (SSSR count). The molecule has 0 aliphatic carbocycles. The lowest BCUT2D eigenvalue weighted by Crippen LogP contribution is -2.33. The van der Waals surface area contributed by atoms with Crippen molar-refractivity contribution >= 4 is 0 Å². The molecule has 1 aromatic rings. The summed E-state index contributed by atoms with van der Waals surface area (Å²) in [7, 11) is 0. The molecule has 17 heavy (non-hydrogen) atoms. The predicted molar refractivity (Wildman–Crippen MR) is 68.1 cm³/mol. The van der Waals surface area contributed by atoms with E-state index in [1.165, 1.54) is 11.4 Å². The molecule has 0 amide bonds. The van der Waals surface area contributed by atoms with Crippen molar-refractivity contribution in [1.29, 1.82) is 0 Å². The molecule has 96 valence electrons. The highest BCUT2D eigenvalue weighted by molar-refractivity contribution is 5.17. The molecule has 0 radical (unpaired) electrons. The zero-order chi connectivity index (χ0) is 12.3. The number of H-pyrrole nitrogens is 1. The van der Waals surface area contributed by atoms with Gasteiger partial charge in [-0.25, -0.2) is 4.98 Å². The molecule has 1 aliphatic rings. The number of ether oxygens (including phenoxy) is 1. The minimum absolute atomic E-state index is 0.0926. The molecule has 4 heteroatoms. The number of aryl methyl sites for hydroxylation is 1. The summed E-state index contributed by atoms with van der Waals surface area (Å²) in [5, 5.41) is 3.34. The fourth-order valence-electron chi connectivity index (χ4n) is 2.23. The van der Waals surface area contributed by atoms with Crippen molar-refractivity contribution in [1.82, 2.24) is 15.3 Å². The lowest BCUT2D eigenvalue weighted by molar-refractivity contribution is 0.0225. The average molecular weight is 237 g/mol. The smallest absolute Gasteiger partial charge is 0.137 e. The van der Waals surface area contributed by atoms with Crippen LogP contribution < -0.4 is 5.32 Å². The maximum absolute atomic E-state index is 5.73. The van der Waals surface area contributed by atoms with Crippen LogP contribution in [-0.2, 0) is 17.6 Å². The maximum Gasteiger partial charge on any atom is 0.137 e. The van der Waals surface area contributed by atoms with E-state index in [1.54, 1.807) is 0 Å². The van der Waals surface area contributed by atoms with E-state index >= 15 is 0 Å². The molecule has 1 unspecified atom stereocenters. The third kappa shape index (κ3) is 3.07. The van der Waals surface area contributed by atoms with Crippen LogP contribution in [0.1, 0.15) is 44.1 Å². The molecule has 2 N–H and O–H groups in total. The molecule has 1 aromatic heterocycles. The predicted octanol–water partition coefficient (Wildman–Crippen LogP) is 1.83. The molecule has 1 saturated heterocycles. The summed E-state index contributed by atoms with van der Waals surface area (Å²) >= 11 is 0. The minimum Gasteiger partial charge on any atom is -0.368 e. The van der Waals surface area contributed by atoms with Gasteiger partial charge in [0.15, 0.2) is 0 Å². The van der Waals surface area contributed by atoms with Crippen LogP contribution in [-0.4, -0.2) is 29.7 Å². The fraction of sp³-hybridized carbons (Fsp3) is 0.769. The minimum atomic E-state index is 0.0926. The zero-order valence-corrected chi connectivity index (χ0v) is 11.0. The molecule has 0 saturated carbocycles. The van der Waals surface area contributed by atoms with Crippen LogP contribution in [0, 0.1) is 5.92 Å². The van der Waals surface area contributed by atoms with Crippen molar-refractivity contribution in [2.45, 2.75) is 39.7 Å². The summed E-state index contributed by atoms with van der Waals surface area (Å²) in [6.07, 6.45) is 2.14. The van der Waals surface area contributed by atoms with Crippen LogP contribution in [0.4, 0.5) is 0 Å². The summed E-state index contributed by atoms with van der Waals surface area (Å²) in [6.45, 7) is 9.20. The van der Waals surface area contributed by atoms with E-state index in [0.29, 0.717) is 5.92 Å². The first-order chi connectivity index (χ1) is 8.20. The van der Waals surface area contributed by atoms with Gasteiger partial charge < -0.3 is 15.0 Å². The SMILES string of the molecule is CCc1nc(C2CNCCO2)[nH]c1CC(C)C. The van der Waals surface area contributed by atoms with E-state index in [9.17, 15) is 0 Å². The Kier molecular flexibility index (Phi) is 4.18. The van der Waals surface area contributed by atoms with Gasteiger partial charge in [0.05, 0.1) is 12.3 Å². The molecule has 4 nitrogen and oxygen atoms in total. The van der Waals surface area contributed by atoms with E-state index in [2.05, 4.69) is 36.1 Å². The van der Waals surface area contributed by atoms with E-state index in [0.717, 1.165) is 38.4 Å². The maximum atomic E-state index is 5.73. The Morgan fingerprint density at radius 1 is 1.47 bits per heavy atom. The number of morpholine rings is 1. The molecule has 1 fully saturated rings. The van der Waals surface area contributed by atoms with Gasteiger partial charge in [0.1, 0.15) is 11.9 Å².